The lowest BCUT2D eigenvalue weighted by atomic mass is 9.99. The predicted octanol–water partition coefficient (Wildman–Crippen LogP) is 2.33. The standard InChI is InChI=1S/C12H22ClNO2/c1-2-11-10(6-9-16-11)12(15)14-8-5-3-4-7-13/h10-11H,2-9H2,1H3,(H,14,15). The Kier molecular flexibility index (Phi) is 6.81. The Labute approximate surface area is 103 Å². The van der Waals surface area contributed by atoms with E-state index >= 15 is 0 Å². The van der Waals surface area contributed by atoms with Crippen molar-refractivity contribution in [1.29, 1.82) is 0 Å². The van der Waals surface area contributed by atoms with E-state index in [4.69, 9.17) is 16.3 Å². The first-order chi connectivity index (χ1) is 7.79. The summed E-state index contributed by atoms with van der Waals surface area (Å²) in [6.07, 6.45) is 5.05. The van der Waals surface area contributed by atoms with Crippen LogP contribution in [0.1, 0.15) is 39.0 Å². The molecule has 3 nitrogen and oxygen atoms in total. The SMILES string of the molecule is CCC1OCCC1C(=O)NCCCCCCl. The Morgan fingerprint density at radius 1 is 1.44 bits per heavy atom. The van der Waals surface area contributed by atoms with Crippen molar-refractivity contribution in [2.45, 2.75) is 45.1 Å². The summed E-state index contributed by atoms with van der Waals surface area (Å²) in [5.41, 5.74) is 0. The number of hydrogen-bond donors (Lipinski definition) is 1. The van der Waals surface area contributed by atoms with Crippen molar-refractivity contribution in [1.82, 2.24) is 5.32 Å². The van der Waals surface area contributed by atoms with Gasteiger partial charge in [-0.1, -0.05) is 13.3 Å². The highest BCUT2D eigenvalue weighted by Crippen LogP contribution is 2.23. The van der Waals surface area contributed by atoms with Crippen LogP contribution in [0.15, 0.2) is 0 Å². The first-order valence-corrected chi connectivity index (χ1v) is 6.78. The first kappa shape index (κ1) is 13.8. The van der Waals surface area contributed by atoms with E-state index in [1.165, 1.54) is 0 Å². The maximum atomic E-state index is 11.8. The number of carbonyl (C=O) groups excluding carboxylic acids is 1. The van der Waals surface area contributed by atoms with E-state index in [1.54, 1.807) is 0 Å². The largest absolute Gasteiger partial charge is 0.377 e. The van der Waals surface area contributed by atoms with Crippen molar-refractivity contribution in [3.8, 4) is 0 Å². The topological polar surface area (TPSA) is 38.3 Å². The van der Waals surface area contributed by atoms with E-state index in [0.29, 0.717) is 5.88 Å². The Balaban J connectivity index is 2.14. The molecule has 1 rings (SSSR count). The first-order valence-electron chi connectivity index (χ1n) is 6.24. The fourth-order valence-corrected chi connectivity index (χ4v) is 2.28. The molecule has 2 unspecified atom stereocenters. The van der Waals surface area contributed by atoms with E-state index in [2.05, 4.69) is 12.2 Å². The number of halogens is 1. The van der Waals surface area contributed by atoms with Crippen molar-refractivity contribution in [2.75, 3.05) is 19.0 Å². The molecule has 2 atom stereocenters. The van der Waals surface area contributed by atoms with Gasteiger partial charge in [0.25, 0.3) is 0 Å². The normalized spacial score (nSPS) is 24.6. The summed E-state index contributed by atoms with van der Waals surface area (Å²) in [4.78, 5) is 11.8. The molecule has 0 aromatic carbocycles. The monoisotopic (exact) mass is 247 g/mol. The zero-order chi connectivity index (χ0) is 11.8. The molecule has 94 valence electrons. The minimum Gasteiger partial charge on any atom is -0.377 e. The lowest BCUT2D eigenvalue weighted by Crippen LogP contribution is -2.35. The van der Waals surface area contributed by atoms with E-state index in [-0.39, 0.29) is 17.9 Å². The lowest BCUT2D eigenvalue weighted by molar-refractivity contribution is -0.126. The molecule has 1 aliphatic rings. The molecule has 4 heteroatoms. The number of nitrogens with one attached hydrogen (secondary N) is 1. The number of alkyl halides is 1. The number of rotatable bonds is 7. The molecular weight excluding hydrogens is 226 g/mol. The average Bonchev–Trinajstić information content (AvgIpc) is 2.76. The van der Waals surface area contributed by atoms with Gasteiger partial charge in [-0.2, -0.15) is 0 Å². The smallest absolute Gasteiger partial charge is 0.225 e. The van der Waals surface area contributed by atoms with Gasteiger partial charge in [0.2, 0.25) is 5.91 Å². The van der Waals surface area contributed by atoms with Crippen LogP contribution in [0.4, 0.5) is 0 Å². The van der Waals surface area contributed by atoms with Crippen molar-refractivity contribution in [3.63, 3.8) is 0 Å². The predicted molar refractivity (Wildman–Crippen MR) is 65.7 cm³/mol. The van der Waals surface area contributed by atoms with Crippen molar-refractivity contribution in [3.05, 3.63) is 0 Å². The summed E-state index contributed by atoms with van der Waals surface area (Å²) >= 11 is 5.58. The second kappa shape index (κ2) is 7.91. The second-order valence-corrected chi connectivity index (χ2v) is 4.63. The maximum Gasteiger partial charge on any atom is 0.225 e. The van der Waals surface area contributed by atoms with Gasteiger partial charge in [-0.3, -0.25) is 4.79 Å². The average molecular weight is 248 g/mol. The van der Waals surface area contributed by atoms with Gasteiger partial charge in [0.15, 0.2) is 0 Å². The van der Waals surface area contributed by atoms with Crippen LogP contribution in [0, 0.1) is 5.92 Å². The summed E-state index contributed by atoms with van der Waals surface area (Å²) in [5.74, 6) is 0.940. The second-order valence-electron chi connectivity index (χ2n) is 4.25. The van der Waals surface area contributed by atoms with Crippen LogP contribution in [-0.4, -0.2) is 31.0 Å². The van der Waals surface area contributed by atoms with Crippen LogP contribution in [-0.2, 0) is 9.53 Å². The zero-order valence-electron chi connectivity index (χ0n) is 10.0. The fraction of sp³-hybridized carbons (Fsp3) is 0.917. The van der Waals surface area contributed by atoms with Gasteiger partial charge in [-0.25, -0.2) is 0 Å². The molecule has 0 aromatic rings. The zero-order valence-corrected chi connectivity index (χ0v) is 10.8. The fourth-order valence-electron chi connectivity index (χ4n) is 2.09. The number of carbonyl (C=O) groups is 1. The van der Waals surface area contributed by atoms with Gasteiger partial charge in [0.05, 0.1) is 12.0 Å². The molecule has 1 saturated heterocycles. The molecular formula is C12H22ClNO2. The minimum absolute atomic E-state index is 0.0676. The van der Waals surface area contributed by atoms with E-state index in [1.807, 2.05) is 0 Å². The highest BCUT2D eigenvalue weighted by Gasteiger charge is 2.32. The van der Waals surface area contributed by atoms with Gasteiger partial charge in [0, 0.05) is 19.0 Å². The minimum atomic E-state index is 0.0676. The molecule has 0 saturated carbocycles. The molecule has 16 heavy (non-hydrogen) atoms. The summed E-state index contributed by atoms with van der Waals surface area (Å²) in [7, 11) is 0. The van der Waals surface area contributed by atoms with Gasteiger partial charge in [-0.15, -0.1) is 11.6 Å². The van der Waals surface area contributed by atoms with Crippen LogP contribution in [0.5, 0.6) is 0 Å². The Bertz CT molecular complexity index is 211. The van der Waals surface area contributed by atoms with Crippen LogP contribution >= 0.6 is 11.6 Å². The van der Waals surface area contributed by atoms with Crippen LogP contribution in [0.2, 0.25) is 0 Å². The molecule has 0 aliphatic carbocycles. The third kappa shape index (κ3) is 4.30. The Morgan fingerprint density at radius 2 is 2.25 bits per heavy atom. The van der Waals surface area contributed by atoms with Gasteiger partial charge in [-0.05, 0) is 25.7 Å². The van der Waals surface area contributed by atoms with E-state index in [9.17, 15) is 4.79 Å². The molecule has 0 aromatic heterocycles. The van der Waals surface area contributed by atoms with E-state index < -0.39 is 0 Å². The molecule has 1 fully saturated rings. The van der Waals surface area contributed by atoms with Crippen LogP contribution in [0.25, 0.3) is 0 Å². The number of ether oxygens (including phenoxy) is 1. The summed E-state index contributed by atoms with van der Waals surface area (Å²) in [5, 5.41) is 2.99. The summed E-state index contributed by atoms with van der Waals surface area (Å²) in [6.45, 7) is 3.56. The molecule has 0 radical (unpaired) electrons. The molecule has 0 spiro atoms. The van der Waals surface area contributed by atoms with Crippen LogP contribution in [0.3, 0.4) is 0 Å². The third-order valence-electron chi connectivity index (χ3n) is 3.06. The molecule has 1 amide bonds. The molecule has 0 bridgehead atoms. The molecule has 1 aliphatic heterocycles. The van der Waals surface area contributed by atoms with Crippen molar-refractivity contribution < 1.29 is 9.53 Å². The quantitative estimate of drug-likeness (QED) is 0.554. The summed E-state index contributed by atoms with van der Waals surface area (Å²) in [6, 6.07) is 0. The van der Waals surface area contributed by atoms with Crippen LogP contribution < -0.4 is 5.32 Å². The van der Waals surface area contributed by atoms with Gasteiger partial charge < -0.3 is 10.1 Å². The van der Waals surface area contributed by atoms with Gasteiger partial charge in [0.1, 0.15) is 0 Å². The van der Waals surface area contributed by atoms with Crippen molar-refractivity contribution in [2.24, 2.45) is 5.92 Å². The van der Waals surface area contributed by atoms with Gasteiger partial charge >= 0.3 is 0 Å². The summed E-state index contributed by atoms with van der Waals surface area (Å²) < 4.78 is 5.50. The number of amides is 1. The lowest BCUT2D eigenvalue weighted by Gasteiger charge is -2.16. The third-order valence-corrected chi connectivity index (χ3v) is 3.33. The van der Waals surface area contributed by atoms with Crippen molar-refractivity contribution >= 4 is 17.5 Å². The maximum absolute atomic E-state index is 11.8. The van der Waals surface area contributed by atoms with E-state index in [0.717, 1.165) is 45.3 Å². The Morgan fingerprint density at radius 3 is 2.94 bits per heavy atom. The highest BCUT2D eigenvalue weighted by atomic mass is 35.5. The molecule has 1 heterocycles. The number of unbranched alkanes of at least 4 members (excludes halogenated alkanes) is 2. The molecule has 1 N–H and O–H groups in total. The number of hydrogen-bond acceptors (Lipinski definition) is 2. The highest BCUT2D eigenvalue weighted by molar-refractivity contribution is 6.17. The Hall–Kier alpha value is -0.280.